The summed E-state index contributed by atoms with van der Waals surface area (Å²) in [7, 11) is 1.27. The number of Topliss-reactive ketones (excluding diaryl/α,β-unsaturated/α-hetero) is 1. The second-order valence-electron chi connectivity index (χ2n) is 8.34. The van der Waals surface area contributed by atoms with Crippen LogP contribution in [0.3, 0.4) is 0 Å². The van der Waals surface area contributed by atoms with Crippen LogP contribution in [0.2, 0.25) is 5.02 Å². The Kier molecular flexibility index (Phi) is 8.32. The molecule has 1 heterocycles. The summed E-state index contributed by atoms with van der Waals surface area (Å²) < 4.78 is 15.8. The quantitative estimate of drug-likeness (QED) is 0.346. The molecule has 2 aliphatic rings. The van der Waals surface area contributed by atoms with Crippen molar-refractivity contribution in [2.75, 3.05) is 26.9 Å². The zero-order valence-electron chi connectivity index (χ0n) is 19.4. The Labute approximate surface area is 199 Å². The van der Waals surface area contributed by atoms with E-state index in [1.165, 1.54) is 7.11 Å². The van der Waals surface area contributed by atoms with Gasteiger partial charge in [0.25, 0.3) is 0 Å². The predicted octanol–water partition coefficient (Wildman–Crippen LogP) is 3.92. The minimum atomic E-state index is -0.927. The van der Waals surface area contributed by atoms with E-state index in [0.717, 1.165) is 6.42 Å². The molecule has 0 aromatic heterocycles. The fraction of sp³-hybridized carbons (Fsp3) is 0.480. The fourth-order valence-electron chi connectivity index (χ4n) is 4.46. The van der Waals surface area contributed by atoms with Crippen molar-refractivity contribution in [3.05, 3.63) is 57.4 Å². The molecule has 0 fully saturated rings. The molecule has 0 spiro atoms. The van der Waals surface area contributed by atoms with Gasteiger partial charge in [0.05, 0.1) is 19.3 Å². The van der Waals surface area contributed by atoms with Gasteiger partial charge in [-0.25, -0.2) is 4.79 Å². The van der Waals surface area contributed by atoms with Gasteiger partial charge in [-0.1, -0.05) is 37.6 Å². The molecular formula is C25H30ClNO6. The smallest absolute Gasteiger partial charge is 0.336 e. The van der Waals surface area contributed by atoms with E-state index in [1.807, 2.05) is 13.8 Å². The largest absolute Gasteiger partial charge is 0.468 e. The number of methoxy groups -OCH3 is 1. The summed E-state index contributed by atoms with van der Waals surface area (Å²) >= 11 is 6.09. The molecule has 0 amide bonds. The summed E-state index contributed by atoms with van der Waals surface area (Å²) in [6.07, 6.45) is 1.36. The molecule has 7 nitrogen and oxygen atoms in total. The summed E-state index contributed by atoms with van der Waals surface area (Å²) in [5, 5.41) is 3.78. The summed E-state index contributed by atoms with van der Waals surface area (Å²) in [6, 6.07) is 6.99. The van der Waals surface area contributed by atoms with Gasteiger partial charge in [-0.3, -0.25) is 9.59 Å². The average Bonchev–Trinajstić information content (AvgIpc) is 2.78. The summed E-state index contributed by atoms with van der Waals surface area (Å²) in [6.45, 7) is 6.62. The number of hydrogen-bond donors (Lipinski definition) is 1. The van der Waals surface area contributed by atoms with E-state index in [1.54, 1.807) is 31.2 Å². The zero-order valence-corrected chi connectivity index (χ0v) is 20.2. The molecule has 3 rings (SSSR count). The van der Waals surface area contributed by atoms with Crippen LogP contribution < -0.4 is 5.32 Å². The van der Waals surface area contributed by atoms with Crippen LogP contribution >= 0.6 is 11.6 Å². The molecule has 0 unspecified atom stereocenters. The Balaban J connectivity index is 2.01. The molecule has 1 aliphatic heterocycles. The molecule has 0 bridgehead atoms. The summed E-state index contributed by atoms with van der Waals surface area (Å²) in [4.78, 5) is 39.2. The Bertz CT molecular complexity index is 981. The number of carbonyl (C=O) groups excluding carboxylic acids is 3. The number of carbonyl (C=O) groups is 3. The minimum Gasteiger partial charge on any atom is -0.468 e. The van der Waals surface area contributed by atoms with Crippen LogP contribution in [0, 0.1) is 11.8 Å². The Morgan fingerprint density at radius 1 is 1.15 bits per heavy atom. The molecule has 1 aromatic carbocycles. The maximum Gasteiger partial charge on any atom is 0.336 e. The first-order valence-corrected chi connectivity index (χ1v) is 11.5. The maximum absolute atomic E-state index is 13.6. The number of esters is 2. The van der Waals surface area contributed by atoms with E-state index in [4.69, 9.17) is 25.8 Å². The van der Waals surface area contributed by atoms with Crippen molar-refractivity contribution in [3.63, 3.8) is 0 Å². The third kappa shape index (κ3) is 5.31. The van der Waals surface area contributed by atoms with Crippen LogP contribution in [0.4, 0.5) is 0 Å². The second kappa shape index (κ2) is 11.0. The average molecular weight is 476 g/mol. The van der Waals surface area contributed by atoms with Gasteiger partial charge < -0.3 is 19.5 Å². The van der Waals surface area contributed by atoms with E-state index in [9.17, 15) is 14.4 Å². The normalized spacial score (nSPS) is 22.6. The lowest BCUT2D eigenvalue weighted by atomic mass is 9.69. The first kappa shape index (κ1) is 25.0. The standard InChI is InChI=1S/C25H30ClNO6/c1-5-10-32-11-12-33-25(30)20-15(3)27-18-13-14(2)19(24(29)31-4)23(28)22(18)21(20)16-6-8-17(26)9-7-16/h6-9,14,19,21,27H,5,10-13H2,1-4H3/t14-,19+,21+/m0/s1. The lowest BCUT2D eigenvalue weighted by Crippen LogP contribution is -2.43. The van der Waals surface area contributed by atoms with Gasteiger partial charge in [-0.15, -0.1) is 0 Å². The maximum atomic E-state index is 13.6. The SMILES string of the molecule is CCCOCCOC(=O)C1=C(C)NC2=C(C(=O)[C@H](C(=O)OC)[C@@H](C)C2)[C@@H]1c1ccc(Cl)cc1. The molecule has 3 atom stereocenters. The highest BCUT2D eigenvalue weighted by molar-refractivity contribution is 6.30. The fourth-order valence-corrected chi connectivity index (χ4v) is 4.58. The number of hydrogen-bond acceptors (Lipinski definition) is 7. The van der Waals surface area contributed by atoms with Crippen LogP contribution in [0.25, 0.3) is 0 Å². The molecule has 8 heteroatoms. The summed E-state index contributed by atoms with van der Waals surface area (Å²) in [5.41, 5.74) is 2.77. The molecule has 33 heavy (non-hydrogen) atoms. The number of dihydropyridines is 1. The number of nitrogens with one attached hydrogen (secondary N) is 1. The Morgan fingerprint density at radius 2 is 1.85 bits per heavy atom. The number of benzene rings is 1. The molecule has 0 saturated heterocycles. The van der Waals surface area contributed by atoms with E-state index >= 15 is 0 Å². The molecular weight excluding hydrogens is 446 g/mol. The van der Waals surface area contributed by atoms with Gasteiger partial charge in [0.15, 0.2) is 5.78 Å². The lowest BCUT2D eigenvalue weighted by molar-refractivity contribution is -0.151. The molecule has 1 aromatic rings. The van der Waals surface area contributed by atoms with E-state index in [2.05, 4.69) is 5.32 Å². The molecule has 1 N–H and O–H groups in total. The van der Waals surface area contributed by atoms with Gasteiger partial charge in [-0.05, 0) is 43.4 Å². The van der Waals surface area contributed by atoms with Crippen molar-refractivity contribution in [1.29, 1.82) is 0 Å². The van der Waals surface area contributed by atoms with Crippen molar-refractivity contribution in [2.24, 2.45) is 11.8 Å². The van der Waals surface area contributed by atoms with Crippen molar-refractivity contribution in [2.45, 2.75) is 39.5 Å². The van der Waals surface area contributed by atoms with E-state index in [0.29, 0.717) is 52.8 Å². The van der Waals surface area contributed by atoms with Crippen molar-refractivity contribution < 1.29 is 28.6 Å². The lowest BCUT2D eigenvalue weighted by Gasteiger charge is -2.38. The highest BCUT2D eigenvalue weighted by Gasteiger charge is 2.47. The highest BCUT2D eigenvalue weighted by Crippen LogP contribution is 2.45. The van der Waals surface area contributed by atoms with Crippen LogP contribution in [0.5, 0.6) is 0 Å². The third-order valence-corrected chi connectivity index (χ3v) is 6.23. The molecule has 1 aliphatic carbocycles. The van der Waals surface area contributed by atoms with Crippen molar-refractivity contribution in [1.82, 2.24) is 5.32 Å². The number of ether oxygens (including phenoxy) is 3. The third-order valence-electron chi connectivity index (χ3n) is 5.98. The predicted molar refractivity (Wildman–Crippen MR) is 123 cm³/mol. The van der Waals surface area contributed by atoms with Gasteiger partial charge in [-0.2, -0.15) is 0 Å². The van der Waals surface area contributed by atoms with Gasteiger partial charge in [0.1, 0.15) is 12.5 Å². The molecule has 0 saturated carbocycles. The molecule has 0 radical (unpaired) electrons. The number of ketones is 1. The highest BCUT2D eigenvalue weighted by atomic mass is 35.5. The summed E-state index contributed by atoms with van der Waals surface area (Å²) in [5.74, 6) is -3.30. The van der Waals surface area contributed by atoms with Crippen LogP contribution in [-0.4, -0.2) is 44.7 Å². The van der Waals surface area contributed by atoms with Crippen LogP contribution in [0.1, 0.15) is 45.1 Å². The molecule has 178 valence electrons. The van der Waals surface area contributed by atoms with Crippen molar-refractivity contribution in [3.8, 4) is 0 Å². The Morgan fingerprint density at radius 3 is 2.48 bits per heavy atom. The zero-order chi connectivity index (χ0) is 24.1. The van der Waals surface area contributed by atoms with Crippen molar-refractivity contribution >= 4 is 29.3 Å². The first-order chi connectivity index (χ1) is 15.8. The number of halogens is 1. The van der Waals surface area contributed by atoms with Gasteiger partial charge >= 0.3 is 11.9 Å². The van der Waals surface area contributed by atoms with Gasteiger partial charge in [0, 0.05) is 34.5 Å². The second-order valence-corrected chi connectivity index (χ2v) is 8.77. The Hall–Kier alpha value is -2.64. The van der Waals surface area contributed by atoms with Crippen LogP contribution in [0.15, 0.2) is 46.8 Å². The van der Waals surface area contributed by atoms with E-state index in [-0.39, 0.29) is 18.3 Å². The van der Waals surface area contributed by atoms with Gasteiger partial charge in [0.2, 0.25) is 0 Å². The first-order valence-electron chi connectivity index (χ1n) is 11.1. The topological polar surface area (TPSA) is 90.9 Å². The van der Waals surface area contributed by atoms with E-state index < -0.39 is 23.8 Å². The number of rotatable bonds is 8. The van der Waals surface area contributed by atoms with Crippen LogP contribution in [-0.2, 0) is 28.6 Å². The minimum absolute atomic E-state index is 0.102. The number of allylic oxidation sites excluding steroid dienone is 3. The monoisotopic (exact) mass is 475 g/mol.